The molecule has 0 aliphatic heterocycles. The number of benzene rings is 1. The van der Waals surface area contributed by atoms with Crippen LogP contribution in [0.25, 0.3) is 11.1 Å². The number of carbonyl (C=O) groups is 1. The van der Waals surface area contributed by atoms with E-state index >= 15 is 0 Å². The highest BCUT2D eigenvalue weighted by Crippen LogP contribution is 2.18. The molecule has 6 heteroatoms. The van der Waals surface area contributed by atoms with Gasteiger partial charge in [-0.15, -0.1) is 0 Å². The Balaban J connectivity index is 2.27. The van der Waals surface area contributed by atoms with Crippen LogP contribution in [-0.2, 0) is 11.8 Å². The third-order valence-electron chi connectivity index (χ3n) is 3.21. The maximum Gasteiger partial charge on any atom is 0.419 e. The van der Waals surface area contributed by atoms with Crippen LogP contribution in [0.2, 0.25) is 0 Å². The number of nitrogens with one attached hydrogen (secondary N) is 1. The lowest BCUT2D eigenvalue weighted by Gasteiger charge is -2.12. The van der Waals surface area contributed by atoms with Crippen LogP contribution in [0.5, 0.6) is 0 Å². The van der Waals surface area contributed by atoms with Gasteiger partial charge in [0.25, 0.3) is 0 Å². The summed E-state index contributed by atoms with van der Waals surface area (Å²) in [5.41, 5.74) is 7.26. The van der Waals surface area contributed by atoms with Crippen LogP contribution in [-0.4, -0.2) is 17.0 Å². The normalized spacial score (nSPS) is 12.6. The van der Waals surface area contributed by atoms with Gasteiger partial charge < -0.3 is 15.5 Å². The second-order valence-corrected chi connectivity index (χ2v) is 4.44. The number of amides is 1. The van der Waals surface area contributed by atoms with Crippen LogP contribution in [0.15, 0.2) is 27.4 Å². The average molecular weight is 263 g/mol. The molecule has 2 rings (SSSR count). The highest BCUT2D eigenvalue weighted by Gasteiger charge is 2.15. The molecule has 1 aromatic carbocycles. The molecule has 6 nitrogen and oxygen atoms in total. The summed E-state index contributed by atoms with van der Waals surface area (Å²) in [5, 5.41) is 2.77. The number of nitrogens with two attached hydrogens (primary N) is 1. The predicted octanol–water partition coefficient (Wildman–Crippen LogP) is 1.05. The summed E-state index contributed by atoms with van der Waals surface area (Å²) in [7, 11) is 1.63. The SMILES string of the molecule is CCC(CN)C(=O)Nc1ccc2c(c1)oc(=O)n2C. The second-order valence-electron chi connectivity index (χ2n) is 4.44. The van der Waals surface area contributed by atoms with Gasteiger partial charge in [-0.05, 0) is 18.6 Å². The van der Waals surface area contributed by atoms with E-state index < -0.39 is 5.76 Å². The van der Waals surface area contributed by atoms with Crippen LogP contribution in [0.3, 0.4) is 0 Å². The van der Waals surface area contributed by atoms with Crippen LogP contribution in [0, 0.1) is 5.92 Å². The molecule has 1 unspecified atom stereocenters. The molecule has 1 aromatic heterocycles. The highest BCUT2D eigenvalue weighted by molar-refractivity contribution is 5.94. The Morgan fingerprint density at radius 2 is 2.26 bits per heavy atom. The van der Waals surface area contributed by atoms with E-state index in [-0.39, 0.29) is 11.8 Å². The van der Waals surface area contributed by atoms with Crippen LogP contribution in [0.4, 0.5) is 5.69 Å². The molecule has 0 saturated carbocycles. The van der Waals surface area contributed by atoms with Crippen molar-refractivity contribution in [3.8, 4) is 0 Å². The largest absolute Gasteiger partial charge is 0.419 e. The molecule has 0 aliphatic carbocycles. The van der Waals surface area contributed by atoms with Gasteiger partial charge in [-0.1, -0.05) is 6.92 Å². The summed E-state index contributed by atoms with van der Waals surface area (Å²) in [6.45, 7) is 2.22. The molecule has 1 heterocycles. The summed E-state index contributed by atoms with van der Waals surface area (Å²) in [4.78, 5) is 23.3. The fourth-order valence-electron chi connectivity index (χ4n) is 1.92. The monoisotopic (exact) mass is 263 g/mol. The minimum absolute atomic E-state index is 0.123. The zero-order valence-electron chi connectivity index (χ0n) is 11.0. The fraction of sp³-hybridized carbons (Fsp3) is 0.385. The van der Waals surface area contributed by atoms with E-state index in [2.05, 4.69) is 5.32 Å². The predicted molar refractivity (Wildman–Crippen MR) is 72.9 cm³/mol. The van der Waals surface area contributed by atoms with Gasteiger partial charge in [0.2, 0.25) is 5.91 Å². The first-order valence-electron chi connectivity index (χ1n) is 6.17. The number of oxazole rings is 1. The number of hydrogen-bond donors (Lipinski definition) is 2. The number of fused-ring (bicyclic) bond motifs is 1. The van der Waals surface area contributed by atoms with Crippen molar-refractivity contribution in [2.75, 3.05) is 11.9 Å². The molecule has 19 heavy (non-hydrogen) atoms. The number of aromatic nitrogens is 1. The molecule has 0 aliphatic rings. The lowest BCUT2D eigenvalue weighted by molar-refractivity contribution is -0.119. The minimum atomic E-state index is -0.424. The van der Waals surface area contributed by atoms with E-state index in [1.54, 1.807) is 25.2 Å². The third kappa shape index (κ3) is 2.53. The van der Waals surface area contributed by atoms with Crippen molar-refractivity contribution < 1.29 is 9.21 Å². The number of hydrogen-bond acceptors (Lipinski definition) is 4. The van der Waals surface area contributed by atoms with E-state index in [0.717, 1.165) is 0 Å². The first-order chi connectivity index (χ1) is 9.06. The van der Waals surface area contributed by atoms with E-state index in [9.17, 15) is 9.59 Å². The van der Waals surface area contributed by atoms with Gasteiger partial charge in [-0.25, -0.2) is 4.79 Å². The van der Waals surface area contributed by atoms with Gasteiger partial charge in [0, 0.05) is 25.3 Å². The lowest BCUT2D eigenvalue weighted by atomic mass is 10.1. The van der Waals surface area contributed by atoms with Crippen molar-refractivity contribution in [1.82, 2.24) is 4.57 Å². The smallest absolute Gasteiger partial charge is 0.408 e. The Labute approximate surface area is 110 Å². The molecule has 102 valence electrons. The standard InChI is InChI=1S/C13H17N3O3/c1-3-8(7-14)12(17)15-9-4-5-10-11(6-9)19-13(18)16(10)2/h4-6,8H,3,7,14H2,1-2H3,(H,15,17). The molecule has 0 spiro atoms. The Bertz CT molecular complexity index is 653. The van der Waals surface area contributed by atoms with Crippen LogP contribution >= 0.6 is 0 Å². The molecule has 0 bridgehead atoms. The van der Waals surface area contributed by atoms with E-state index in [4.69, 9.17) is 10.2 Å². The average Bonchev–Trinajstić information content (AvgIpc) is 2.66. The molecule has 1 atom stereocenters. The van der Waals surface area contributed by atoms with E-state index in [1.807, 2.05) is 6.92 Å². The summed E-state index contributed by atoms with van der Waals surface area (Å²) in [6, 6.07) is 5.11. The van der Waals surface area contributed by atoms with Crippen molar-refractivity contribution in [1.29, 1.82) is 0 Å². The van der Waals surface area contributed by atoms with Gasteiger partial charge in [0.05, 0.1) is 11.4 Å². The zero-order chi connectivity index (χ0) is 14.0. The molecule has 3 N–H and O–H groups in total. The number of anilines is 1. The Kier molecular flexibility index (Phi) is 3.71. The molecule has 1 amide bonds. The molecular formula is C13H17N3O3. The summed E-state index contributed by atoms with van der Waals surface area (Å²) in [5.74, 6) is -0.757. The number of carbonyl (C=O) groups excluding carboxylic acids is 1. The van der Waals surface area contributed by atoms with Gasteiger partial charge in [0.15, 0.2) is 5.58 Å². The maximum atomic E-state index is 11.9. The van der Waals surface area contributed by atoms with E-state index in [1.165, 1.54) is 4.57 Å². The summed E-state index contributed by atoms with van der Waals surface area (Å²) >= 11 is 0. The van der Waals surface area contributed by atoms with Crippen molar-refractivity contribution in [3.05, 3.63) is 28.7 Å². The summed E-state index contributed by atoms with van der Waals surface area (Å²) < 4.78 is 6.48. The fourth-order valence-corrected chi connectivity index (χ4v) is 1.92. The number of rotatable bonds is 4. The van der Waals surface area contributed by atoms with Crippen molar-refractivity contribution in [2.24, 2.45) is 18.7 Å². The van der Waals surface area contributed by atoms with Crippen molar-refractivity contribution >= 4 is 22.7 Å². The first-order valence-corrected chi connectivity index (χ1v) is 6.17. The number of nitrogens with zero attached hydrogens (tertiary/aromatic N) is 1. The summed E-state index contributed by atoms with van der Waals surface area (Å²) in [6.07, 6.45) is 0.686. The second kappa shape index (κ2) is 5.27. The molecule has 0 fully saturated rings. The lowest BCUT2D eigenvalue weighted by Crippen LogP contribution is -2.28. The highest BCUT2D eigenvalue weighted by atomic mass is 16.4. The van der Waals surface area contributed by atoms with E-state index in [0.29, 0.717) is 29.8 Å². The van der Waals surface area contributed by atoms with Crippen LogP contribution < -0.4 is 16.8 Å². The van der Waals surface area contributed by atoms with Crippen molar-refractivity contribution in [2.45, 2.75) is 13.3 Å². The van der Waals surface area contributed by atoms with Crippen LogP contribution in [0.1, 0.15) is 13.3 Å². The topological polar surface area (TPSA) is 90.3 Å². The minimum Gasteiger partial charge on any atom is -0.408 e. The maximum absolute atomic E-state index is 11.9. The van der Waals surface area contributed by atoms with Gasteiger partial charge in [-0.3, -0.25) is 9.36 Å². The molecule has 0 saturated heterocycles. The Morgan fingerprint density at radius 3 is 2.89 bits per heavy atom. The quantitative estimate of drug-likeness (QED) is 0.862. The molecule has 0 radical (unpaired) electrons. The molecular weight excluding hydrogens is 246 g/mol. The van der Waals surface area contributed by atoms with Gasteiger partial charge in [0.1, 0.15) is 0 Å². The Morgan fingerprint density at radius 1 is 1.53 bits per heavy atom. The number of aryl methyl sites for hydroxylation is 1. The van der Waals surface area contributed by atoms with Crippen molar-refractivity contribution in [3.63, 3.8) is 0 Å². The van der Waals surface area contributed by atoms with Gasteiger partial charge in [-0.2, -0.15) is 0 Å². The first kappa shape index (κ1) is 13.4. The zero-order valence-corrected chi connectivity index (χ0v) is 11.0. The van der Waals surface area contributed by atoms with Gasteiger partial charge >= 0.3 is 5.76 Å². The third-order valence-corrected chi connectivity index (χ3v) is 3.21. The molecule has 2 aromatic rings. The Hall–Kier alpha value is -2.08.